The first kappa shape index (κ1) is 14.3. The van der Waals surface area contributed by atoms with Crippen LogP contribution in [0.4, 0.5) is 21.6 Å². The molecule has 5 nitrogen and oxygen atoms in total. The molecule has 0 aliphatic carbocycles. The Morgan fingerprint density at radius 1 is 1.40 bits per heavy atom. The molecule has 0 spiro atoms. The Bertz CT molecular complexity index is 609. The predicted molar refractivity (Wildman–Crippen MR) is 76.9 cm³/mol. The van der Waals surface area contributed by atoms with E-state index in [0.717, 1.165) is 6.42 Å². The van der Waals surface area contributed by atoms with Crippen molar-refractivity contribution in [3.05, 3.63) is 35.4 Å². The molecule has 1 aromatic heterocycles. The van der Waals surface area contributed by atoms with E-state index in [1.54, 1.807) is 0 Å². The molecule has 0 saturated heterocycles. The highest BCUT2D eigenvalue weighted by Gasteiger charge is 2.10. The average Bonchev–Trinajstić information content (AvgIpc) is 2.44. The second kappa shape index (κ2) is 6.38. The van der Waals surface area contributed by atoms with Gasteiger partial charge >= 0.3 is 0 Å². The van der Waals surface area contributed by atoms with E-state index in [2.05, 4.69) is 15.3 Å². The Morgan fingerprint density at radius 2 is 2.20 bits per heavy atom. The van der Waals surface area contributed by atoms with Crippen LogP contribution in [-0.4, -0.2) is 16.6 Å². The molecule has 0 radical (unpaired) electrons. The largest absolute Gasteiger partial charge is 0.476 e. The molecular formula is C13H14ClFN4O. The standard InChI is InChI=1S/C13H14ClFN4O/c1-2-5-20-13-11(16)12(17-7-18-13)19-8-3-4-10(15)9(14)6-8/h3-4,6-7H,2,5,16H2,1H3,(H,17,18,19). The molecule has 1 heterocycles. The zero-order valence-electron chi connectivity index (χ0n) is 10.9. The predicted octanol–water partition coefficient (Wildman–Crippen LogP) is 3.38. The molecule has 0 fully saturated rings. The topological polar surface area (TPSA) is 73.1 Å². The van der Waals surface area contributed by atoms with Crippen molar-refractivity contribution >= 4 is 28.8 Å². The Labute approximate surface area is 120 Å². The van der Waals surface area contributed by atoms with Crippen LogP contribution in [-0.2, 0) is 0 Å². The summed E-state index contributed by atoms with van der Waals surface area (Å²) in [6, 6.07) is 4.25. The van der Waals surface area contributed by atoms with E-state index < -0.39 is 5.82 Å². The third-order valence-electron chi connectivity index (χ3n) is 2.47. The van der Waals surface area contributed by atoms with Gasteiger partial charge in [-0.05, 0) is 24.6 Å². The first-order valence-electron chi connectivity index (χ1n) is 6.07. The van der Waals surface area contributed by atoms with Gasteiger partial charge in [0.15, 0.2) is 5.82 Å². The molecule has 0 bridgehead atoms. The van der Waals surface area contributed by atoms with Crippen LogP contribution < -0.4 is 15.8 Å². The monoisotopic (exact) mass is 296 g/mol. The van der Waals surface area contributed by atoms with E-state index in [1.807, 2.05) is 6.92 Å². The van der Waals surface area contributed by atoms with Gasteiger partial charge in [0, 0.05) is 5.69 Å². The van der Waals surface area contributed by atoms with Gasteiger partial charge in [0.05, 0.1) is 11.6 Å². The molecule has 106 valence electrons. The number of rotatable bonds is 5. The molecule has 0 unspecified atom stereocenters. The van der Waals surface area contributed by atoms with Crippen molar-refractivity contribution in [1.82, 2.24) is 9.97 Å². The van der Waals surface area contributed by atoms with Gasteiger partial charge < -0.3 is 15.8 Å². The maximum Gasteiger partial charge on any atom is 0.242 e. The fraction of sp³-hybridized carbons (Fsp3) is 0.231. The lowest BCUT2D eigenvalue weighted by Gasteiger charge is -2.11. The van der Waals surface area contributed by atoms with Crippen LogP contribution >= 0.6 is 11.6 Å². The van der Waals surface area contributed by atoms with E-state index in [4.69, 9.17) is 22.1 Å². The van der Waals surface area contributed by atoms with Crippen LogP contribution in [0, 0.1) is 5.82 Å². The minimum Gasteiger partial charge on any atom is -0.476 e. The van der Waals surface area contributed by atoms with Gasteiger partial charge in [0.1, 0.15) is 17.8 Å². The summed E-state index contributed by atoms with van der Waals surface area (Å²) in [4.78, 5) is 8.00. The quantitative estimate of drug-likeness (QED) is 0.885. The van der Waals surface area contributed by atoms with Crippen molar-refractivity contribution in [2.45, 2.75) is 13.3 Å². The van der Waals surface area contributed by atoms with Crippen LogP contribution in [0.15, 0.2) is 24.5 Å². The van der Waals surface area contributed by atoms with Crippen LogP contribution in [0.5, 0.6) is 5.88 Å². The minimum absolute atomic E-state index is 0.0186. The third-order valence-corrected chi connectivity index (χ3v) is 2.76. The number of halogens is 2. The van der Waals surface area contributed by atoms with E-state index in [-0.39, 0.29) is 5.02 Å². The summed E-state index contributed by atoms with van der Waals surface area (Å²) in [5, 5.41) is 2.97. The highest BCUT2D eigenvalue weighted by atomic mass is 35.5. The number of aromatic nitrogens is 2. The van der Waals surface area contributed by atoms with Crippen molar-refractivity contribution in [3.8, 4) is 5.88 Å². The fourth-order valence-electron chi connectivity index (χ4n) is 1.50. The zero-order valence-corrected chi connectivity index (χ0v) is 11.6. The highest BCUT2D eigenvalue weighted by molar-refractivity contribution is 6.31. The Morgan fingerprint density at radius 3 is 2.90 bits per heavy atom. The Kier molecular flexibility index (Phi) is 4.57. The summed E-state index contributed by atoms with van der Waals surface area (Å²) in [5.41, 5.74) is 6.79. The Hall–Kier alpha value is -2.08. The highest BCUT2D eigenvalue weighted by Crippen LogP contribution is 2.28. The van der Waals surface area contributed by atoms with Crippen molar-refractivity contribution in [2.24, 2.45) is 0 Å². The number of ether oxygens (including phenoxy) is 1. The van der Waals surface area contributed by atoms with Crippen LogP contribution in [0.1, 0.15) is 13.3 Å². The smallest absolute Gasteiger partial charge is 0.242 e. The average molecular weight is 297 g/mol. The summed E-state index contributed by atoms with van der Waals surface area (Å²) in [7, 11) is 0. The number of anilines is 3. The van der Waals surface area contributed by atoms with Crippen molar-refractivity contribution in [1.29, 1.82) is 0 Å². The van der Waals surface area contributed by atoms with Gasteiger partial charge in [0.25, 0.3) is 0 Å². The van der Waals surface area contributed by atoms with E-state index in [9.17, 15) is 4.39 Å². The second-order valence-electron chi connectivity index (χ2n) is 4.04. The molecule has 7 heteroatoms. The molecule has 3 N–H and O–H groups in total. The van der Waals surface area contributed by atoms with Crippen LogP contribution in [0.3, 0.4) is 0 Å². The maximum absolute atomic E-state index is 13.1. The lowest BCUT2D eigenvalue weighted by atomic mass is 10.3. The number of nitrogens with zero attached hydrogens (tertiary/aromatic N) is 2. The first-order valence-corrected chi connectivity index (χ1v) is 6.45. The van der Waals surface area contributed by atoms with Gasteiger partial charge in [-0.15, -0.1) is 0 Å². The SMILES string of the molecule is CCCOc1ncnc(Nc2ccc(F)c(Cl)c2)c1N. The van der Waals surface area contributed by atoms with Gasteiger partial charge in [-0.3, -0.25) is 0 Å². The molecule has 0 amide bonds. The summed E-state index contributed by atoms with van der Waals surface area (Å²) < 4.78 is 18.5. The summed E-state index contributed by atoms with van der Waals surface area (Å²) >= 11 is 5.72. The summed E-state index contributed by atoms with van der Waals surface area (Å²) in [5.74, 6) is 0.214. The van der Waals surface area contributed by atoms with Gasteiger partial charge in [-0.25, -0.2) is 9.37 Å². The van der Waals surface area contributed by atoms with Gasteiger partial charge in [0.2, 0.25) is 5.88 Å². The number of hydrogen-bond donors (Lipinski definition) is 2. The first-order chi connectivity index (χ1) is 9.61. The number of nitrogens with two attached hydrogens (primary N) is 1. The molecule has 20 heavy (non-hydrogen) atoms. The number of nitrogen functional groups attached to an aromatic ring is 1. The van der Waals surface area contributed by atoms with Crippen molar-refractivity contribution in [3.63, 3.8) is 0 Å². The van der Waals surface area contributed by atoms with E-state index >= 15 is 0 Å². The number of benzene rings is 1. The van der Waals surface area contributed by atoms with Gasteiger partial charge in [-0.2, -0.15) is 4.98 Å². The normalized spacial score (nSPS) is 10.3. The molecule has 1 aromatic carbocycles. The van der Waals surface area contributed by atoms with Crippen molar-refractivity contribution < 1.29 is 9.13 Å². The molecule has 0 aliphatic heterocycles. The molecule has 0 saturated carbocycles. The van der Waals surface area contributed by atoms with E-state index in [0.29, 0.717) is 29.7 Å². The lowest BCUT2D eigenvalue weighted by Crippen LogP contribution is -2.06. The van der Waals surface area contributed by atoms with Crippen LogP contribution in [0.25, 0.3) is 0 Å². The summed E-state index contributed by atoms with van der Waals surface area (Å²) in [6.07, 6.45) is 2.19. The fourth-order valence-corrected chi connectivity index (χ4v) is 1.68. The van der Waals surface area contributed by atoms with Gasteiger partial charge in [-0.1, -0.05) is 18.5 Å². The molecule has 2 rings (SSSR count). The number of nitrogens with one attached hydrogen (secondary N) is 1. The molecule has 2 aromatic rings. The zero-order chi connectivity index (χ0) is 14.5. The Balaban J connectivity index is 2.22. The molecule has 0 atom stereocenters. The molecule has 0 aliphatic rings. The van der Waals surface area contributed by atoms with Crippen LogP contribution in [0.2, 0.25) is 5.02 Å². The minimum atomic E-state index is -0.486. The summed E-state index contributed by atoms with van der Waals surface area (Å²) in [6.45, 7) is 2.50. The third kappa shape index (κ3) is 3.27. The maximum atomic E-state index is 13.1. The second-order valence-corrected chi connectivity index (χ2v) is 4.45. The number of hydrogen-bond acceptors (Lipinski definition) is 5. The molecular weight excluding hydrogens is 283 g/mol. The lowest BCUT2D eigenvalue weighted by molar-refractivity contribution is 0.307. The van der Waals surface area contributed by atoms with E-state index in [1.165, 1.54) is 24.5 Å². The van der Waals surface area contributed by atoms with Crippen molar-refractivity contribution in [2.75, 3.05) is 17.7 Å².